The highest BCUT2D eigenvalue weighted by Gasteiger charge is 2.15. The maximum absolute atomic E-state index is 11.7. The number of guanidine groups is 1. The molecule has 0 aromatic carbocycles. The van der Waals surface area contributed by atoms with Gasteiger partial charge in [-0.1, -0.05) is 0 Å². The number of hydrogen-bond acceptors (Lipinski definition) is 5. The van der Waals surface area contributed by atoms with E-state index in [-0.39, 0.29) is 5.75 Å². The molecule has 0 aliphatic carbocycles. The summed E-state index contributed by atoms with van der Waals surface area (Å²) in [6, 6.07) is 0. The molecule has 9 heteroatoms. The van der Waals surface area contributed by atoms with Crippen LogP contribution >= 0.6 is 0 Å². The van der Waals surface area contributed by atoms with Gasteiger partial charge in [0.15, 0.2) is 5.96 Å². The average Bonchev–Trinajstić information content (AvgIpc) is 3.14. The predicted octanol–water partition coefficient (Wildman–Crippen LogP) is 0.656. The van der Waals surface area contributed by atoms with Crippen LogP contribution in [0, 0.1) is 5.92 Å². The molecule has 0 aromatic heterocycles. The summed E-state index contributed by atoms with van der Waals surface area (Å²) in [5, 5.41) is 6.44. The third-order valence-electron chi connectivity index (χ3n) is 4.22. The molecule has 1 rings (SSSR count). The van der Waals surface area contributed by atoms with Crippen molar-refractivity contribution in [3.8, 4) is 0 Å². The first-order valence-corrected chi connectivity index (χ1v) is 11.2. The highest BCUT2D eigenvalue weighted by Crippen LogP contribution is 2.12. The third kappa shape index (κ3) is 9.70. The summed E-state index contributed by atoms with van der Waals surface area (Å²) in [5.41, 5.74) is 0. The molecule has 0 saturated carbocycles. The molecule has 1 atom stereocenters. The van der Waals surface area contributed by atoms with Crippen LogP contribution in [-0.2, 0) is 19.5 Å². The molecule has 0 radical (unpaired) electrons. The molecule has 0 amide bonds. The monoisotopic (exact) mass is 392 g/mol. The predicted molar refractivity (Wildman–Crippen MR) is 105 cm³/mol. The second kappa shape index (κ2) is 13.3. The van der Waals surface area contributed by atoms with E-state index in [1.165, 1.54) is 4.31 Å². The Labute approximate surface area is 158 Å². The number of nitrogens with one attached hydrogen (secondary N) is 2. The molecule has 1 unspecified atom stereocenters. The van der Waals surface area contributed by atoms with Gasteiger partial charge >= 0.3 is 0 Å². The molecule has 1 heterocycles. The van der Waals surface area contributed by atoms with E-state index in [1.54, 1.807) is 14.0 Å². The van der Waals surface area contributed by atoms with E-state index in [9.17, 15) is 8.42 Å². The minimum absolute atomic E-state index is 0.136. The van der Waals surface area contributed by atoms with Crippen LogP contribution in [0.1, 0.15) is 33.1 Å². The molecule has 0 aromatic rings. The van der Waals surface area contributed by atoms with E-state index >= 15 is 0 Å². The number of ether oxygens (including phenoxy) is 2. The SMILES string of the molecule is CCNC(=NCCCOCC1CCOC1)NCCCN(C)S(=O)(=O)CC. The number of sulfonamides is 1. The second-order valence-corrected chi connectivity index (χ2v) is 8.79. The van der Waals surface area contributed by atoms with Gasteiger partial charge in [-0.3, -0.25) is 4.99 Å². The Bertz CT molecular complexity index is 493. The number of nitrogens with zero attached hydrogens (tertiary/aromatic N) is 2. The lowest BCUT2D eigenvalue weighted by Crippen LogP contribution is -2.39. The average molecular weight is 393 g/mol. The van der Waals surface area contributed by atoms with E-state index < -0.39 is 10.0 Å². The van der Waals surface area contributed by atoms with E-state index in [0.29, 0.717) is 32.2 Å². The summed E-state index contributed by atoms with van der Waals surface area (Å²) in [7, 11) is -1.48. The minimum atomic E-state index is -3.10. The van der Waals surface area contributed by atoms with Gasteiger partial charge in [-0.05, 0) is 33.1 Å². The molecule has 8 nitrogen and oxygen atoms in total. The molecule has 1 saturated heterocycles. The number of rotatable bonds is 13. The van der Waals surface area contributed by atoms with Gasteiger partial charge in [0.1, 0.15) is 0 Å². The smallest absolute Gasteiger partial charge is 0.213 e. The first-order chi connectivity index (χ1) is 12.5. The van der Waals surface area contributed by atoms with Crippen LogP contribution in [0.15, 0.2) is 4.99 Å². The van der Waals surface area contributed by atoms with Crippen molar-refractivity contribution in [1.29, 1.82) is 0 Å². The van der Waals surface area contributed by atoms with Gasteiger partial charge in [-0.15, -0.1) is 0 Å². The van der Waals surface area contributed by atoms with Crippen LogP contribution in [-0.4, -0.2) is 84.1 Å². The van der Waals surface area contributed by atoms with Crippen LogP contribution in [0.25, 0.3) is 0 Å². The molecule has 1 aliphatic rings. The fraction of sp³-hybridized carbons (Fsp3) is 0.941. The molecular formula is C17H36N4O4S. The Morgan fingerprint density at radius 2 is 2.12 bits per heavy atom. The number of aliphatic imine (C=N–C) groups is 1. The van der Waals surface area contributed by atoms with Crippen molar-refractivity contribution in [3.05, 3.63) is 0 Å². The summed E-state index contributed by atoms with van der Waals surface area (Å²) < 4.78 is 35.8. The second-order valence-electron chi connectivity index (χ2n) is 6.42. The first kappa shape index (κ1) is 23.1. The van der Waals surface area contributed by atoms with Crippen LogP contribution in [0.3, 0.4) is 0 Å². The quantitative estimate of drug-likeness (QED) is 0.272. The normalized spacial score (nSPS) is 18.5. The lowest BCUT2D eigenvalue weighted by atomic mass is 10.1. The van der Waals surface area contributed by atoms with Crippen molar-refractivity contribution in [2.75, 3.05) is 65.4 Å². The summed E-state index contributed by atoms with van der Waals surface area (Å²) in [6.07, 6.45) is 2.70. The summed E-state index contributed by atoms with van der Waals surface area (Å²) in [6.45, 7) is 9.49. The van der Waals surface area contributed by atoms with Gasteiger partial charge < -0.3 is 20.1 Å². The molecule has 1 aliphatic heterocycles. The van der Waals surface area contributed by atoms with E-state index in [1.807, 2.05) is 6.92 Å². The topological polar surface area (TPSA) is 92.3 Å². The molecule has 26 heavy (non-hydrogen) atoms. The highest BCUT2D eigenvalue weighted by molar-refractivity contribution is 7.89. The Balaban J connectivity index is 2.15. The van der Waals surface area contributed by atoms with Crippen LogP contribution in [0.5, 0.6) is 0 Å². The summed E-state index contributed by atoms with van der Waals surface area (Å²) in [4.78, 5) is 4.52. The van der Waals surface area contributed by atoms with Gasteiger partial charge in [0.05, 0.1) is 19.0 Å². The molecule has 2 N–H and O–H groups in total. The van der Waals surface area contributed by atoms with Crippen molar-refractivity contribution in [2.45, 2.75) is 33.1 Å². The zero-order valence-electron chi connectivity index (χ0n) is 16.5. The molecule has 0 spiro atoms. The third-order valence-corrected chi connectivity index (χ3v) is 6.08. The molecule has 0 bridgehead atoms. The molecular weight excluding hydrogens is 356 g/mol. The van der Waals surface area contributed by atoms with Crippen LogP contribution < -0.4 is 10.6 Å². The van der Waals surface area contributed by atoms with Gasteiger partial charge in [0.25, 0.3) is 0 Å². The van der Waals surface area contributed by atoms with Gasteiger partial charge in [-0.2, -0.15) is 0 Å². The van der Waals surface area contributed by atoms with Crippen molar-refractivity contribution in [1.82, 2.24) is 14.9 Å². The summed E-state index contributed by atoms with van der Waals surface area (Å²) in [5.74, 6) is 1.45. The van der Waals surface area contributed by atoms with Crippen molar-refractivity contribution in [2.24, 2.45) is 10.9 Å². The molecule has 1 fully saturated rings. The lowest BCUT2D eigenvalue weighted by molar-refractivity contribution is 0.0893. The summed E-state index contributed by atoms with van der Waals surface area (Å²) >= 11 is 0. The van der Waals surface area contributed by atoms with Crippen LogP contribution in [0.4, 0.5) is 0 Å². The Morgan fingerprint density at radius 1 is 1.31 bits per heavy atom. The zero-order valence-corrected chi connectivity index (χ0v) is 17.3. The van der Waals surface area contributed by atoms with Crippen molar-refractivity contribution >= 4 is 16.0 Å². The Morgan fingerprint density at radius 3 is 2.77 bits per heavy atom. The van der Waals surface area contributed by atoms with Gasteiger partial charge in [0, 0.05) is 52.4 Å². The fourth-order valence-electron chi connectivity index (χ4n) is 2.53. The van der Waals surface area contributed by atoms with Gasteiger partial charge in [-0.25, -0.2) is 12.7 Å². The maximum atomic E-state index is 11.7. The van der Waals surface area contributed by atoms with Crippen molar-refractivity contribution < 1.29 is 17.9 Å². The highest BCUT2D eigenvalue weighted by atomic mass is 32.2. The van der Waals surface area contributed by atoms with Crippen molar-refractivity contribution in [3.63, 3.8) is 0 Å². The van der Waals surface area contributed by atoms with Gasteiger partial charge in [0.2, 0.25) is 10.0 Å². The maximum Gasteiger partial charge on any atom is 0.213 e. The minimum Gasteiger partial charge on any atom is -0.381 e. The first-order valence-electron chi connectivity index (χ1n) is 9.61. The van der Waals surface area contributed by atoms with E-state index in [2.05, 4.69) is 15.6 Å². The number of hydrogen-bond donors (Lipinski definition) is 2. The van der Waals surface area contributed by atoms with E-state index in [4.69, 9.17) is 9.47 Å². The standard InChI is InChI=1S/C17H36N4O4S/c1-4-18-17(19-9-6-11-21(3)26(22,23)5-2)20-10-7-12-24-14-16-8-13-25-15-16/h16H,4-15H2,1-3H3,(H2,18,19,20). The largest absolute Gasteiger partial charge is 0.381 e. The van der Waals surface area contributed by atoms with Crippen LogP contribution in [0.2, 0.25) is 0 Å². The molecule has 154 valence electrons. The Kier molecular flexibility index (Phi) is 11.8. The lowest BCUT2D eigenvalue weighted by Gasteiger charge is -2.16. The van der Waals surface area contributed by atoms with E-state index in [0.717, 1.165) is 51.6 Å². The zero-order chi connectivity index (χ0) is 19.3. The Hall–Kier alpha value is -0.900. The fourth-order valence-corrected chi connectivity index (χ4v) is 3.38.